The van der Waals surface area contributed by atoms with E-state index in [9.17, 15) is 4.79 Å². The Morgan fingerprint density at radius 2 is 1.69 bits per heavy atom. The molecule has 156 valence electrons. The highest BCUT2D eigenvalue weighted by Crippen LogP contribution is 2.31. The Bertz CT molecular complexity index is 801. The molecule has 1 N–H and O–H groups in total. The van der Waals surface area contributed by atoms with Crippen LogP contribution in [-0.4, -0.2) is 51.8 Å². The van der Waals surface area contributed by atoms with Gasteiger partial charge in [0.25, 0.3) is 5.91 Å². The second-order valence-electron chi connectivity index (χ2n) is 7.14. The molecule has 2 aromatic carbocycles. The first-order valence-electron chi connectivity index (χ1n) is 10.0. The number of hydrogen-bond donors (Lipinski definition) is 1. The number of carbonyl (C=O) groups is 1. The number of methoxy groups -OCH3 is 3. The first-order valence-corrected chi connectivity index (χ1v) is 10.0. The molecule has 1 atom stereocenters. The van der Waals surface area contributed by atoms with Gasteiger partial charge < -0.3 is 19.5 Å². The Morgan fingerprint density at radius 3 is 2.31 bits per heavy atom. The minimum Gasteiger partial charge on any atom is -0.497 e. The van der Waals surface area contributed by atoms with Gasteiger partial charge in [-0.2, -0.15) is 0 Å². The monoisotopic (exact) mass is 398 g/mol. The number of benzene rings is 2. The molecule has 6 heteroatoms. The Balaban J connectivity index is 1.78. The van der Waals surface area contributed by atoms with E-state index in [1.165, 1.54) is 24.8 Å². The van der Waals surface area contributed by atoms with E-state index in [2.05, 4.69) is 22.3 Å². The third-order valence-corrected chi connectivity index (χ3v) is 5.44. The molecule has 1 fully saturated rings. The van der Waals surface area contributed by atoms with Crippen LogP contribution < -0.4 is 19.5 Å². The second-order valence-corrected chi connectivity index (χ2v) is 7.14. The third-order valence-electron chi connectivity index (χ3n) is 5.44. The quantitative estimate of drug-likeness (QED) is 0.735. The highest BCUT2D eigenvalue weighted by molar-refractivity contribution is 5.97. The van der Waals surface area contributed by atoms with Crippen molar-refractivity contribution in [3.8, 4) is 17.2 Å². The van der Waals surface area contributed by atoms with Crippen molar-refractivity contribution in [2.24, 2.45) is 0 Å². The van der Waals surface area contributed by atoms with Gasteiger partial charge >= 0.3 is 0 Å². The van der Waals surface area contributed by atoms with Crippen LogP contribution in [0.5, 0.6) is 17.2 Å². The SMILES string of the molecule is COc1ccc(C(CNC(=O)c2cccc(OC)c2OC)N2CCCCC2)cc1. The fourth-order valence-electron chi connectivity index (χ4n) is 3.86. The maximum atomic E-state index is 12.9. The molecule has 0 radical (unpaired) electrons. The van der Waals surface area contributed by atoms with Gasteiger partial charge in [-0.05, 0) is 55.8 Å². The number of nitrogens with zero attached hydrogens (tertiary/aromatic N) is 1. The molecule has 0 aromatic heterocycles. The predicted molar refractivity (Wildman–Crippen MR) is 113 cm³/mol. The Hall–Kier alpha value is -2.73. The van der Waals surface area contributed by atoms with E-state index in [1.807, 2.05) is 12.1 Å². The van der Waals surface area contributed by atoms with Gasteiger partial charge in [-0.15, -0.1) is 0 Å². The molecule has 0 spiro atoms. The van der Waals surface area contributed by atoms with Crippen LogP contribution in [0.3, 0.4) is 0 Å². The van der Waals surface area contributed by atoms with E-state index in [1.54, 1.807) is 39.5 Å². The number of para-hydroxylation sites is 1. The molecule has 1 amide bonds. The zero-order valence-electron chi connectivity index (χ0n) is 17.4. The number of carbonyl (C=O) groups excluding carboxylic acids is 1. The van der Waals surface area contributed by atoms with Crippen molar-refractivity contribution in [2.45, 2.75) is 25.3 Å². The number of likely N-dealkylation sites (tertiary alicyclic amines) is 1. The number of ether oxygens (including phenoxy) is 3. The maximum Gasteiger partial charge on any atom is 0.255 e. The zero-order valence-corrected chi connectivity index (χ0v) is 17.4. The van der Waals surface area contributed by atoms with Gasteiger partial charge in [-0.25, -0.2) is 0 Å². The number of rotatable bonds is 8. The van der Waals surface area contributed by atoms with E-state index >= 15 is 0 Å². The molecule has 1 unspecified atom stereocenters. The lowest BCUT2D eigenvalue weighted by molar-refractivity contribution is 0.0920. The van der Waals surface area contributed by atoms with Crippen LogP contribution in [0.4, 0.5) is 0 Å². The van der Waals surface area contributed by atoms with Gasteiger partial charge in [0.1, 0.15) is 5.75 Å². The van der Waals surface area contributed by atoms with Gasteiger partial charge in [-0.1, -0.05) is 24.6 Å². The fourth-order valence-corrected chi connectivity index (χ4v) is 3.86. The number of hydrogen-bond acceptors (Lipinski definition) is 5. The molecule has 6 nitrogen and oxygen atoms in total. The van der Waals surface area contributed by atoms with Gasteiger partial charge in [0, 0.05) is 6.54 Å². The third kappa shape index (κ3) is 5.01. The number of nitrogens with one attached hydrogen (secondary N) is 1. The van der Waals surface area contributed by atoms with E-state index in [-0.39, 0.29) is 11.9 Å². The maximum absolute atomic E-state index is 12.9. The minimum atomic E-state index is -0.170. The van der Waals surface area contributed by atoms with Crippen molar-refractivity contribution in [2.75, 3.05) is 41.0 Å². The lowest BCUT2D eigenvalue weighted by Gasteiger charge is -2.35. The summed E-state index contributed by atoms with van der Waals surface area (Å²) in [5.74, 6) is 1.65. The smallest absolute Gasteiger partial charge is 0.255 e. The first kappa shape index (κ1) is 21.0. The van der Waals surface area contributed by atoms with Crippen LogP contribution in [0.2, 0.25) is 0 Å². The van der Waals surface area contributed by atoms with Crippen LogP contribution in [-0.2, 0) is 0 Å². The van der Waals surface area contributed by atoms with E-state index in [4.69, 9.17) is 14.2 Å². The van der Waals surface area contributed by atoms with Crippen LogP contribution >= 0.6 is 0 Å². The summed E-state index contributed by atoms with van der Waals surface area (Å²) in [5.41, 5.74) is 1.64. The molecule has 1 heterocycles. The van der Waals surface area contributed by atoms with Crippen LogP contribution in [0.15, 0.2) is 42.5 Å². The van der Waals surface area contributed by atoms with Crippen molar-refractivity contribution >= 4 is 5.91 Å². The van der Waals surface area contributed by atoms with E-state index < -0.39 is 0 Å². The normalized spacial score (nSPS) is 15.4. The van der Waals surface area contributed by atoms with Crippen molar-refractivity contribution < 1.29 is 19.0 Å². The molecule has 0 saturated carbocycles. The molecular weight excluding hydrogens is 368 g/mol. The van der Waals surface area contributed by atoms with Gasteiger partial charge in [0.2, 0.25) is 0 Å². The molecular formula is C23H30N2O4. The Kier molecular flexibility index (Phi) is 7.36. The summed E-state index contributed by atoms with van der Waals surface area (Å²) in [5, 5.41) is 3.10. The number of amides is 1. The molecule has 0 aliphatic carbocycles. The standard InChI is InChI=1S/C23H30N2O4/c1-27-18-12-10-17(11-13-18)20(25-14-5-4-6-15-25)16-24-23(26)19-8-7-9-21(28-2)22(19)29-3/h7-13,20H,4-6,14-16H2,1-3H3,(H,24,26). The fraction of sp³-hybridized carbons (Fsp3) is 0.435. The Labute approximate surface area is 172 Å². The minimum absolute atomic E-state index is 0.113. The first-order chi connectivity index (χ1) is 14.2. The number of piperidine rings is 1. The van der Waals surface area contributed by atoms with Crippen LogP contribution in [0, 0.1) is 0 Å². The van der Waals surface area contributed by atoms with Gasteiger partial charge in [0.15, 0.2) is 11.5 Å². The van der Waals surface area contributed by atoms with Crippen molar-refractivity contribution in [1.82, 2.24) is 10.2 Å². The highest BCUT2D eigenvalue weighted by atomic mass is 16.5. The predicted octanol–water partition coefficient (Wildman–Crippen LogP) is 3.67. The van der Waals surface area contributed by atoms with Gasteiger partial charge in [-0.3, -0.25) is 9.69 Å². The summed E-state index contributed by atoms with van der Waals surface area (Å²) in [6.07, 6.45) is 3.63. The summed E-state index contributed by atoms with van der Waals surface area (Å²) >= 11 is 0. The molecule has 2 aromatic rings. The van der Waals surface area contributed by atoms with Crippen LogP contribution in [0.25, 0.3) is 0 Å². The van der Waals surface area contributed by atoms with E-state index in [0.717, 1.165) is 18.8 Å². The molecule has 1 aliphatic heterocycles. The largest absolute Gasteiger partial charge is 0.497 e. The summed E-state index contributed by atoms with van der Waals surface area (Å²) in [6, 6.07) is 13.5. The summed E-state index contributed by atoms with van der Waals surface area (Å²) in [4.78, 5) is 15.4. The molecule has 3 rings (SSSR count). The second kappa shape index (κ2) is 10.2. The van der Waals surface area contributed by atoms with E-state index in [0.29, 0.717) is 23.6 Å². The molecule has 0 bridgehead atoms. The summed E-state index contributed by atoms with van der Waals surface area (Å²) in [6.45, 7) is 2.59. The topological polar surface area (TPSA) is 60.0 Å². The van der Waals surface area contributed by atoms with Crippen molar-refractivity contribution in [1.29, 1.82) is 0 Å². The van der Waals surface area contributed by atoms with Gasteiger partial charge in [0.05, 0.1) is 32.9 Å². The average Bonchev–Trinajstić information content (AvgIpc) is 2.79. The molecule has 1 aliphatic rings. The Morgan fingerprint density at radius 1 is 0.966 bits per heavy atom. The summed E-state index contributed by atoms with van der Waals surface area (Å²) in [7, 11) is 4.77. The highest BCUT2D eigenvalue weighted by Gasteiger charge is 2.24. The lowest BCUT2D eigenvalue weighted by Crippen LogP contribution is -2.40. The summed E-state index contributed by atoms with van der Waals surface area (Å²) < 4.78 is 16.0. The zero-order chi connectivity index (χ0) is 20.6. The molecule has 29 heavy (non-hydrogen) atoms. The van der Waals surface area contributed by atoms with Crippen molar-refractivity contribution in [3.05, 3.63) is 53.6 Å². The average molecular weight is 399 g/mol. The van der Waals surface area contributed by atoms with Crippen molar-refractivity contribution in [3.63, 3.8) is 0 Å². The van der Waals surface area contributed by atoms with Crippen LogP contribution in [0.1, 0.15) is 41.2 Å². The molecule has 1 saturated heterocycles. The lowest BCUT2D eigenvalue weighted by atomic mass is 10.0.